The summed E-state index contributed by atoms with van der Waals surface area (Å²) in [7, 11) is 1.91. The second-order valence-corrected chi connectivity index (χ2v) is 5.60. The molecular weight excluding hydrogens is 226 g/mol. The van der Waals surface area contributed by atoms with E-state index in [0.29, 0.717) is 0 Å². The third-order valence-electron chi connectivity index (χ3n) is 3.98. The molecule has 2 heterocycles. The van der Waals surface area contributed by atoms with Gasteiger partial charge in [-0.1, -0.05) is 19.9 Å². The number of hydrogen-bond acceptors (Lipinski definition) is 2. The topological polar surface area (TPSA) is 46.9 Å². The number of aryl methyl sites for hydroxylation is 1. The van der Waals surface area contributed by atoms with E-state index in [1.807, 2.05) is 33.2 Å². The zero-order valence-electron chi connectivity index (χ0n) is 10.9. The highest BCUT2D eigenvalue weighted by Gasteiger charge is 2.45. The first-order chi connectivity index (χ1) is 8.48. The van der Waals surface area contributed by atoms with Crippen LogP contribution < -0.4 is 5.32 Å². The van der Waals surface area contributed by atoms with Crippen molar-refractivity contribution in [2.24, 2.45) is 18.4 Å². The molecule has 1 aliphatic carbocycles. The second kappa shape index (κ2) is 3.57. The number of carbonyl (C=O) groups is 1. The summed E-state index contributed by atoms with van der Waals surface area (Å²) in [5, 5.41) is 7.39. The number of nitrogens with one attached hydrogen (secondary N) is 1. The maximum absolute atomic E-state index is 11.9. The molecule has 1 unspecified atom stereocenters. The number of carbonyl (C=O) groups excluding carboxylic acids is 1. The smallest absolute Gasteiger partial charge is 0.230 e. The Hall–Kier alpha value is -1.84. The Morgan fingerprint density at radius 3 is 2.94 bits per heavy atom. The summed E-state index contributed by atoms with van der Waals surface area (Å²) in [5.41, 5.74) is 2.79. The summed E-state index contributed by atoms with van der Waals surface area (Å²) < 4.78 is 1.79. The van der Waals surface area contributed by atoms with Gasteiger partial charge in [0.05, 0.1) is 11.1 Å². The molecule has 1 atom stereocenters. The predicted molar refractivity (Wildman–Crippen MR) is 69.3 cm³/mol. The maximum atomic E-state index is 11.9. The molecule has 4 nitrogen and oxygen atoms in total. The van der Waals surface area contributed by atoms with Crippen LogP contribution in [0.4, 0.5) is 0 Å². The zero-order chi connectivity index (χ0) is 12.9. The van der Waals surface area contributed by atoms with Gasteiger partial charge in [-0.25, -0.2) is 0 Å². The Morgan fingerprint density at radius 1 is 1.50 bits per heavy atom. The number of allylic oxidation sites excluding steroid dienone is 4. The maximum Gasteiger partial charge on any atom is 0.230 e. The molecule has 1 N–H and O–H groups in total. The minimum absolute atomic E-state index is 0.120. The molecule has 1 fully saturated rings. The molecule has 1 aromatic heterocycles. The van der Waals surface area contributed by atoms with Crippen LogP contribution in [0, 0.1) is 11.3 Å². The Kier molecular flexibility index (Phi) is 2.24. The summed E-state index contributed by atoms with van der Waals surface area (Å²) in [4.78, 5) is 11.9. The van der Waals surface area contributed by atoms with Gasteiger partial charge in [0.25, 0.3) is 0 Å². The van der Waals surface area contributed by atoms with Gasteiger partial charge in [0.1, 0.15) is 0 Å². The summed E-state index contributed by atoms with van der Waals surface area (Å²) in [5.74, 6) is 0.395. The van der Waals surface area contributed by atoms with Crippen LogP contribution in [-0.4, -0.2) is 15.7 Å². The van der Waals surface area contributed by atoms with Gasteiger partial charge in [0.2, 0.25) is 5.91 Å². The van der Waals surface area contributed by atoms with Crippen LogP contribution in [0.2, 0.25) is 0 Å². The van der Waals surface area contributed by atoms with Crippen LogP contribution in [-0.2, 0) is 11.8 Å². The molecule has 4 heteroatoms. The van der Waals surface area contributed by atoms with E-state index in [0.717, 1.165) is 23.4 Å². The largest absolute Gasteiger partial charge is 0.329 e. The van der Waals surface area contributed by atoms with Crippen LogP contribution in [0.5, 0.6) is 0 Å². The number of hydrogen-bond donors (Lipinski definition) is 1. The van der Waals surface area contributed by atoms with E-state index in [1.54, 1.807) is 4.68 Å². The molecule has 94 valence electrons. The van der Waals surface area contributed by atoms with E-state index in [2.05, 4.69) is 22.6 Å². The lowest BCUT2D eigenvalue weighted by Gasteiger charge is -2.25. The average Bonchev–Trinajstić information content (AvgIpc) is 2.83. The molecule has 1 aromatic rings. The Morgan fingerprint density at radius 2 is 2.28 bits per heavy atom. The molecule has 1 saturated heterocycles. The number of amides is 1. The highest BCUT2D eigenvalue weighted by molar-refractivity contribution is 5.89. The van der Waals surface area contributed by atoms with Crippen LogP contribution in [0.15, 0.2) is 30.1 Å². The molecule has 18 heavy (non-hydrogen) atoms. The Balaban J connectivity index is 1.95. The van der Waals surface area contributed by atoms with Gasteiger partial charge in [0, 0.05) is 24.9 Å². The fourth-order valence-corrected chi connectivity index (χ4v) is 2.70. The minimum atomic E-state index is -0.308. The molecular formula is C14H17N3O. The quantitative estimate of drug-likeness (QED) is 0.818. The fraction of sp³-hybridized carbons (Fsp3) is 0.429. The van der Waals surface area contributed by atoms with Crippen molar-refractivity contribution in [3.63, 3.8) is 0 Å². The zero-order valence-corrected chi connectivity index (χ0v) is 10.9. The van der Waals surface area contributed by atoms with Crippen LogP contribution >= 0.6 is 0 Å². The standard InChI is InChI=1S/C14H17N3O/c1-14(2)10-5-4-9(8-12(10)15-13(14)18)11-6-7-17(3)16-11/h4,6-8,10H,5H2,1-3H3,(H,15,18). The lowest BCUT2D eigenvalue weighted by molar-refractivity contribution is -0.127. The lowest BCUT2D eigenvalue weighted by Crippen LogP contribution is -2.28. The number of aromatic nitrogens is 2. The van der Waals surface area contributed by atoms with Crippen molar-refractivity contribution in [3.8, 4) is 0 Å². The van der Waals surface area contributed by atoms with Gasteiger partial charge in [-0.3, -0.25) is 9.48 Å². The molecule has 2 aliphatic rings. The van der Waals surface area contributed by atoms with Crippen molar-refractivity contribution in [2.45, 2.75) is 20.3 Å². The van der Waals surface area contributed by atoms with Gasteiger partial charge in [0.15, 0.2) is 0 Å². The van der Waals surface area contributed by atoms with E-state index < -0.39 is 0 Å². The summed E-state index contributed by atoms with van der Waals surface area (Å²) in [6.07, 6.45) is 7.06. The summed E-state index contributed by atoms with van der Waals surface area (Å²) >= 11 is 0. The summed E-state index contributed by atoms with van der Waals surface area (Å²) in [6, 6.07) is 1.99. The first kappa shape index (κ1) is 11.3. The monoisotopic (exact) mass is 243 g/mol. The molecule has 1 amide bonds. The number of nitrogens with zero attached hydrogens (tertiary/aromatic N) is 2. The van der Waals surface area contributed by atoms with Crippen molar-refractivity contribution in [1.82, 2.24) is 15.1 Å². The van der Waals surface area contributed by atoms with Gasteiger partial charge in [-0.2, -0.15) is 5.10 Å². The van der Waals surface area contributed by atoms with Crippen molar-refractivity contribution >= 4 is 11.5 Å². The average molecular weight is 243 g/mol. The molecule has 0 bridgehead atoms. The third kappa shape index (κ3) is 1.52. The van der Waals surface area contributed by atoms with E-state index in [9.17, 15) is 4.79 Å². The highest BCUT2D eigenvalue weighted by atomic mass is 16.2. The normalized spacial score (nSPS) is 25.3. The van der Waals surface area contributed by atoms with Gasteiger partial charge < -0.3 is 5.32 Å². The Bertz CT molecular complexity index is 578. The first-order valence-corrected chi connectivity index (χ1v) is 6.22. The third-order valence-corrected chi connectivity index (χ3v) is 3.98. The molecule has 0 aromatic carbocycles. The molecule has 0 spiro atoms. The van der Waals surface area contributed by atoms with Crippen molar-refractivity contribution in [2.75, 3.05) is 0 Å². The van der Waals surface area contributed by atoms with E-state index >= 15 is 0 Å². The van der Waals surface area contributed by atoms with Crippen molar-refractivity contribution in [3.05, 3.63) is 35.8 Å². The molecule has 0 saturated carbocycles. The fourth-order valence-electron chi connectivity index (χ4n) is 2.70. The SMILES string of the molecule is Cn1ccc(C2=CCC3C(=C2)NC(=O)C3(C)C)n1. The van der Waals surface area contributed by atoms with E-state index in [4.69, 9.17) is 0 Å². The van der Waals surface area contributed by atoms with Crippen molar-refractivity contribution in [1.29, 1.82) is 0 Å². The molecule has 3 rings (SSSR count). The molecule has 1 aliphatic heterocycles. The highest BCUT2D eigenvalue weighted by Crippen LogP contribution is 2.43. The predicted octanol–water partition coefficient (Wildman–Crippen LogP) is 1.86. The van der Waals surface area contributed by atoms with E-state index in [1.165, 1.54) is 0 Å². The van der Waals surface area contributed by atoms with Gasteiger partial charge >= 0.3 is 0 Å². The van der Waals surface area contributed by atoms with E-state index in [-0.39, 0.29) is 17.2 Å². The molecule has 0 radical (unpaired) electrons. The van der Waals surface area contributed by atoms with Crippen LogP contribution in [0.3, 0.4) is 0 Å². The first-order valence-electron chi connectivity index (χ1n) is 6.22. The lowest BCUT2D eigenvalue weighted by atomic mass is 9.76. The minimum Gasteiger partial charge on any atom is -0.329 e. The van der Waals surface area contributed by atoms with Crippen molar-refractivity contribution < 1.29 is 4.79 Å². The summed E-state index contributed by atoms with van der Waals surface area (Å²) in [6.45, 7) is 4.01. The second-order valence-electron chi connectivity index (χ2n) is 5.60. The Labute approximate surface area is 106 Å². The van der Waals surface area contributed by atoms with Crippen LogP contribution in [0.1, 0.15) is 26.0 Å². The van der Waals surface area contributed by atoms with Gasteiger partial charge in [-0.15, -0.1) is 0 Å². The van der Waals surface area contributed by atoms with Gasteiger partial charge in [-0.05, 0) is 24.1 Å². The number of fused-ring (bicyclic) bond motifs is 1. The number of rotatable bonds is 1. The van der Waals surface area contributed by atoms with Crippen LogP contribution in [0.25, 0.3) is 5.57 Å².